The number of hydrogen-bond donors (Lipinski definition) is 0. The molecule has 2 aromatic rings. The van der Waals surface area contributed by atoms with Crippen LogP contribution in [-0.4, -0.2) is 52.4 Å². The van der Waals surface area contributed by atoms with Gasteiger partial charge in [-0.25, -0.2) is 8.78 Å². The molecule has 7 heteroatoms. The van der Waals surface area contributed by atoms with Gasteiger partial charge in [-0.05, 0) is 30.7 Å². The number of rotatable bonds is 4. The molecule has 5 nitrogen and oxygen atoms in total. The van der Waals surface area contributed by atoms with Gasteiger partial charge in [-0.15, -0.1) is 0 Å². The van der Waals surface area contributed by atoms with E-state index in [1.807, 2.05) is 0 Å². The lowest BCUT2D eigenvalue weighted by Gasteiger charge is -2.23. The van der Waals surface area contributed by atoms with Crippen molar-refractivity contribution in [2.45, 2.75) is 25.8 Å². The molecule has 1 unspecified atom stereocenters. The van der Waals surface area contributed by atoms with Crippen molar-refractivity contribution in [3.63, 3.8) is 0 Å². The van der Waals surface area contributed by atoms with Crippen LogP contribution in [0.25, 0.3) is 0 Å². The van der Waals surface area contributed by atoms with Crippen LogP contribution in [0.5, 0.6) is 0 Å². The monoisotopic (exact) mass is 375 g/mol. The molecule has 0 bridgehead atoms. The van der Waals surface area contributed by atoms with Gasteiger partial charge in [0.2, 0.25) is 5.91 Å². The SMILES string of the molecule is CC(=O)N(C)C1CCN(C(=O)c2ccc(Cc3c(F)cccc3F)n2C)C1. The van der Waals surface area contributed by atoms with Crippen molar-refractivity contribution in [1.29, 1.82) is 0 Å². The fourth-order valence-corrected chi connectivity index (χ4v) is 3.49. The van der Waals surface area contributed by atoms with Crippen molar-refractivity contribution < 1.29 is 18.4 Å². The second-order valence-electron chi connectivity index (χ2n) is 6.97. The molecule has 0 saturated carbocycles. The normalized spacial score (nSPS) is 16.6. The lowest BCUT2D eigenvalue weighted by molar-refractivity contribution is -0.129. The van der Waals surface area contributed by atoms with Crippen LogP contribution in [0.15, 0.2) is 30.3 Å². The largest absolute Gasteiger partial charge is 0.343 e. The highest BCUT2D eigenvalue weighted by molar-refractivity contribution is 5.93. The van der Waals surface area contributed by atoms with Gasteiger partial charge >= 0.3 is 0 Å². The van der Waals surface area contributed by atoms with E-state index in [1.54, 1.807) is 40.6 Å². The zero-order valence-corrected chi connectivity index (χ0v) is 15.7. The first-order chi connectivity index (χ1) is 12.8. The maximum absolute atomic E-state index is 13.9. The summed E-state index contributed by atoms with van der Waals surface area (Å²) in [6, 6.07) is 7.19. The Bertz CT molecular complexity index is 858. The number of likely N-dealkylation sites (N-methyl/N-ethyl adjacent to an activating group) is 1. The van der Waals surface area contributed by atoms with Gasteiger partial charge in [-0.1, -0.05) is 6.07 Å². The van der Waals surface area contributed by atoms with Crippen LogP contribution in [0, 0.1) is 11.6 Å². The average molecular weight is 375 g/mol. The number of nitrogens with zero attached hydrogens (tertiary/aromatic N) is 3. The van der Waals surface area contributed by atoms with Gasteiger partial charge in [0.15, 0.2) is 0 Å². The predicted octanol–water partition coefficient (Wildman–Crippen LogP) is 2.59. The van der Waals surface area contributed by atoms with E-state index in [9.17, 15) is 18.4 Å². The van der Waals surface area contributed by atoms with E-state index < -0.39 is 11.6 Å². The summed E-state index contributed by atoms with van der Waals surface area (Å²) < 4.78 is 29.5. The van der Waals surface area contributed by atoms with Crippen LogP contribution >= 0.6 is 0 Å². The number of halogens is 2. The Morgan fingerprint density at radius 3 is 2.48 bits per heavy atom. The molecule has 1 atom stereocenters. The van der Waals surface area contributed by atoms with E-state index in [4.69, 9.17) is 0 Å². The first kappa shape index (κ1) is 19.1. The van der Waals surface area contributed by atoms with Gasteiger partial charge in [0.05, 0.1) is 6.04 Å². The van der Waals surface area contributed by atoms with E-state index in [-0.39, 0.29) is 29.8 Å². The van der Waals surface area contributed by atoms with Crippen LogP contribution < -0.4 is 0 Å². The molecule has 0 N–H and O–H groups in total. The maximum Gasteiger partial charge on any atom is 0.270 e. The molecule has 1 aromatic heterocycles. The van der Waals surface area contributed by atoms with Gasteiger partial charge in [-0.2, -0.15) is 0 Å². The molecule has 0 radical (unpaired) electrons. The third-order valence-electron chi connectivity index (χ3n) is 5.36. The van der Waals surface area contributed by atoms with Crippen LogP contribution in [-0.2, 0) is 18.3 Å². The third kappa shape index (κ3) is 3.72. The molecule has 1 fully saturated rings. The van der Waals surface area contributed by atoms with Gasteiger partial charge in [0, 0.05) is 51.8 Å². The van der Waals surface area contributed by atoms with E-state index in [0.717, 1.165) is 6.42 Å². The van der Waals surface area contributed by atoms with Gasteiger partial charge in [0.25, 0.3) is 5.91 Å². The molecule has 2 amide bonds. The standard InChI is InChI=1S/C20H23F2N3O2/c1-13(26)23(2)15-9-10-25(12-15)20(27)19-8-7-14(24(19)3)11-16-17(21)5-4-6-18(16)22/h4-8,15H,9-12H2,1-3H3. The van der Waals surface area contributed by atoms with Crippen molar-refractivity contribution in [3.05, 3.63) is 58.9 Å². The number of carbonyl (C=O) groups excluding carboxylic acids is 2. The zero-order chi connectivity index (χ0) is 19.7. The Morgan fingerprint density at radius 2 is 1.85 bits per heavy atom. The summed E-state index contributed by atoms with van der Waals surface area (Å²) in [7, 11) is 3.46. The van der Waals surface area contributed by atoms with Gasteiger partial charge in [0.1, 0.15) is 17.3 Å². The number of carbonyl (C=O) groups is 2. The molecule has 27 heavy (non-hydrogen) atoms. The third-order valence-corrected chi connectivity index (χ3v) is 5.36. The predicted molar refractivity (Wildman–Crippen MR) is 97.3 cm³/mol. The number of benzene rings is 1. The highest BCUT2D eigenvalue weighted by atomic mass is 19.1. The Labute approximate surface area is 157 Å². The topological polar surface area (TPSA) is 45.6 Å². The molecular formula is C20H23F2N3O2. The molecule has 144 valence electrons. The van der Waals surface area contributed by atoms with Crippen LogP contribution in [0.2, 0.25) is 0 Å². The fraction of sp³-hybridized carbons (Fsp3) is 0.400. The number of aromatic nitrogens is 1. The molecule has 0 aliphatic carbocycles. The maximum atomic E-state index is 13.9. The molecule has 3 rings (SSSR count). The van der Waals surface area contributed by atoms with Crippen LogP contribution in [0.1, 0.15) is 35.1 Å². The summed E-state index contributed by atoms with van der Waals surface area (Å²) in [5, 5.41) is 0. The highest BCUT2D eigenvalue weighted by Gasteiger charge is 2.31. The first-order valence-electron chi connectivity index (χ1n) is 8.89. The first-order valence-corrected chi connectivity index (χ1v) is 8.89. The van der Waals surface area contributed by atoms with Crippen molar-refractivity contribution in [1.82, 2.24) is 14.4 Å². The second-order valence-corrected chi connectivity index (χ2v) is 6.97. The minimum absolute atomic E-state index is 0.0120. The van der Waals surface area contributed by atoms with E-state index >= 15 is 0 Å². The molecule has 0 spiro atoms. The smallest absolute Gasteiger partial charge is 0.270 e. The summed E-state index contributed by atoms with van der Waals surface area (Å²) in [4.78, 5) is 27.8. The lowest BCUT2D eigenvalue weighted by atomic mass is 10.1. The van der Waals surface area contributed by atoms with Gasteiger partial charge in [-0.3, -0.25) is 9.59 Å². The quantitative estimate of drug-likeness (QED) is 0.825. The summed E-state index contributed by atoms with van der Waals surface area (Å²) in [5.41, 5.74) is 1.11. The molecule has 1 saturated heterocycles. The summed E-state index contributed by atoms with van der Waals surface area (Å²) >= 11 is 0. The van der Waals surface area contributed by atoms with E-state index in [1.165, 1.54) is 25.1 Å². The molecule has 2 heterocycles. The van der Waals surface area contributed by atoms with E-state index in [2.05, 4.69) is 0 Å². The Balaban J connectivity index is 1.76. The molecular weight excluding hydrogens is 352 g/mol. The van der Waals surface area contributed by atoms with Crippen molar-refractivity contribution >= 4 is 11.8 Å². The summed E-state index contributed by atoms with van der Waals surface area (Å²) in [6.45, 7) is 2.57. The second kappa shape index (κ2) is 7.50. The Hall–Kier alpha value is -2.70. The number of amides is 2. The van der Waals surface area contributed by atoms with Crippen molar-refractivity contribution in [2.24, 2.45) is 7.05 Å². The van der Waals surface area contributed by atoms with E-state index in [0.29, 0.717) is 24.5 Å². The summed E-state index contributed by atoms with van der Waals surface area (Å²) in [6.07, 6.45) is 0.803. The lowest BCUT2D eigenvalue weighted by Crippen LogP contribution is -2.39. The van der Waals surface area contributed by atoms with Crippen LogP contribution in [0.4, 0.5) is 8.78 Å². The minimum atomic E-state index is -0.598. The number of likely N-dealkylation sites (tertiary alicyclic amines) is 1. The summed E-state index contributed by atoms with van der Waals surface area (Å²) in [5.74, 6) is -1.36. The molecule has 1 aliphatic heterocycles. The molecule has 1 aliphatic rings. The molecule has 1 aromatic carbocycles. The van der Waals surface area contributed by atoms with Crippen LogP contribution in [0.3, 0.4) is 0 Å². The fourth-order valence-electron chi connectivity index (χ4n) is 3.49. The highest BCUT2D eigenvalue weighted by Crippen LogP contribution is 2.21. The zero-order valence-electron chi connectivity index (χ0n) is 15.7. The Kier molecular flexibility index (Phi) is 5.30. The van der Waals surface area contributed by atoms with Gasteiger partial charge < -0.3 is 14.4 Å². The van der Waals surface area contributed by atoms with Crippen molar-refractivity contribution in [3.8, 4) is 0 Å². The number of hydrogen-bond acceptors (Lipinski definition) is 2. The Morgan fingerprint density at radius 1 is 1.19 bits per heavy atom. The van der Waals surface area contributed by atoms with Crippen molar-refractivity contribution in [2.75, 3.05) is 20.1 Å². The average Bonchev–Trinajstić information content (AvgIpc) is 3.24. The minimum Gasteiger partial charge on any atom is -0.343 e.